The van der Waals surface area contributed by atoms with Crippen molar-refractivity contribution in [2.24, 2.45) is 0 Å². The zero-order valence-corrected chi connectivity index (χ0v) is 10.1. The van der Waals surface area contributed by atoms with Crippen LogP contribution < -0.4 is 11.1 Å². The summed E-state index contributed by atoms with van der Waals surface area (Å²) in [6.07, 6.45) is 1.37. The van der Waals surface area contributed by atoms with Crippen molar-refractivity contribution >= 4 is 23.3 Å². The van der Waals surface area contributed by atoms with Crippen LogP contribution in [0.25, 0.3) is 0 Å². The van der Waals surface area contributed by atoms with Gasteiger partial charge in [0.05, 0.1) is 10.6 Å². The molecular weight excluding hydrogens is 228 g/mol. The monoisotopic (exact) mass is 242 g/mol. The minimum atomic E-state index is -0.235. The van der Waals surface area contributed by atoms with Crippen LogP contribution in [0.2, 0.25) is 5.02 Å². The van der Waals surface area contributed by atoms with Crippen LogP contribution in [-0.4, -0.2) is 43.0 Å². The van der Waals surface area contributed by atoms with Gasteiger partial charge in [-0.2, -0.15) is 0 Å². The van der Waals surface area contributed by atoms with Crippen LogP contribution in [0.5, 0.6) is 0 Å². The number of carbonyl (C=O) groups is 1. The molecule has 0 unspecified atom stereocenters. The Labute approximate surface area is 99.6 Å². The van der Waals surface area contributed by atoms with Crippen LogP contribution >= 0.6 is 11.6 Å². The maximum absolute atomic E-state index is 11.7. The van der Waals surface area contributed by atoms with E-state index in [4.69, 9.17) is 17.3 Å². The summed E-state index contributed by atoms with van der Waals surface area (Å²) >= 11 is 5.84. The number of nitrogen functional groups attached to an aromatic ring is 1. The number of nitrogens with zero attached hydrogens (tertiary/aromatic N) is 2. The lowest BCUT2D eigenvalue weighted by Gasteiger charge is -2.11. The summed E-state index contributed by atoms with van der Waals surface area (Å²) in [6.45, 7) is 1.33. The molecule has 1 amide bonds. The van der Waals surface area contributed by atoms with Crippen molar-refractivity contribution in [1.29, 1.82) is 0 Å². The Bertz CT molecular complexity index is 381. The average molecular weight is 243 g/mol. The number of hydrogen-bond acceptors (Lipinski definition) is 4. The molecule has 88 valence electrons. The minimum absolute atomic E-state index is 0.235. The molecule has 3 N–H and O–H groups in total. The van der Waals surface area contributed by atoms with E-state index < -0.39 is 0 Å². The number of rotatable bonds is 4. The molecule has 0 aliphatic rings. The molecule has 0 atom stereocenters. The molecule has 5 nitrogen and oxygen atoms in total. The van der Waals surface area contributed by atoms with Gasteiger partial charge in [0.2, 0.25) is 0 Å². The highest BCUT2D eigenvalue weighted by Crippen LogP contribution is 2.15. The van der Waals surface area contributed by atoms with Crippen molar-refractivity contribution in [3.8, 4) is 0 Å². The summed E-state index contributed by atoms with van der Waals surface area (Å²) in [7, 11) is 3.87. The molecule has 1 heterocycles. The van der Waals surface area contributed by atoms with Gasteiger partial charge in [-0.25, -0.2) is 4.98 Å². The predicted molar refractivity (Wildman–Crippen MR) is 64.5 cm³/mol. The molecular formula is C10H15ClN4O. The fourth-order valence-corrected chi connectivity index (χ4v) is 1.31. The van der Waals surface area contributed by atoms with Crippen LogP contribution in [-0.2, 0) is 0 Å². The van der Waals surface area contributed by atoms with E-state index in [0.717, 1.165) is 6.54 Å². The van der Waals surface area contributed by atoms with E-state index >= 15 is 0 Å². The number of amides is 1. The summed E-state index contributed by atoms with van der Waals surface area (Å²) in [5.74, 6) is 0.0445. The highest BCUT2D eigenvalue weighted by Gasteiger charge is 2.10. The lowest BCUT2D eigenvalue weighted by Crippen LogP contribution is -2.31. The number of anilines is 1. The first kappa shape index (κ1) is 12.7. The Hall–Kier alpha value is -1.33. The molecule has 0 aliphatic heterocycles. The topological polar surface area (TPSA) is 71.2 Å². The molecule has 6 heteroatoms. The second-order valence-corrected chi connectivity index (χ2v) is 4.06. The Morgan fingerprint density at radius 3 is 2.94 bits per heavy atom. The first-order valence-corrected chi connectivity index (χ1v) is 5.22. The smallest absolute Gasteiger partial charge is 0.253 e. The molecule has 0 aromatic carbocycles. The number of halogens is 1. The molecule has 0 aliphatic carbocycles. The number of pyridine rings is 1. The van der Waals surface area contributed by atoms with E-state index in [-0.39, 0.29) is 11.7 Å². The number of nitrogens with two attached hydrogens (primary N) is 1. The Balaban J connectivity index is 2.62. The van der Waals surface area contributed by atoms with Crippen LogP contribution in [0.1, 0.15) is 10.4 Å². The van der Waals surface area contributed by atoms with E-state index in [9.17, 15) is 4.79 Å². The number of aromatic nitrogens is 1. The van der Waals surface area contributed by atoms with E-state index in [1.165, 1.54) is 12.3 Å². The Morgan fingerprint density at radius 2 is 2.31 bits per heavy atom. The molecule has 0 spiro atoms. The summed E-state index contributed by atoms with van der Waals surface area (Å²) in [6, 6.07) is 1.47. The average Bonchev–Trinajstić information content (AvgIpc) is 2.21. The third-order valence-electron chi connectivity index (χ3n) is 1.97. The number of hydrogen-bond donors (Lipinski definition) is 2. The van der Waals surface area contributed by atoms with Gasteiger partial charge >= 0.3 is 0 Å². The van der Waals surface area contributed by atoms with E-state index in [2.05, 4.69) is 10.3 Å². The van der Waals surface area contributed by atoms with Crippen molar-refractivity contribution < 1.29 is 4.79 Å². The zero-order valence-electron chi connectivity index (χ0n) is 9.33. The number of nitrogens with one attached hydrogen (secondary N) is 1. The summed E-state index contributed by atoms with van der Waals surface area (Å²) < 4.78 is 0. The molecule has 1 aromatic rings. The van der Waals surface area contributed by atoms with Gasteiger partial charge in [0.25, 0.3) is 5.91 Å². The second kappa shape index (κ2) is 5.67. The van der Waals surface area contributed by atoms with Crippen LogP contribution in [0.3, 0.4) is 0 Å². The van der Waals surface area contributed by atoms with Gasteiger partial charge in [-0.3, -0.25) is 4.79 Å². The molecule has 0 fully saturated rings. The zero-order chi connectivity index (χ0) is 12.1. The van der Waals surface area contributed by atoms with Gasteiger partial charge in [-0.05, 0) is 20.2 Å². The molecule has 0 radical (unpaired) electrons. The predicted octanol–water partition coefficient (Wildman–Crippen LogP) is 0.609. The second-order valence-electron chi connectivity index (χ2n) is 3.65. The number of carbonyl (C=O) groups excluding carboxylic acids is 1. The van der Waals surface area contributed by atoms with Gasteiger partial charge < -0.3 is 16.0 Å². The van der Waals surface area contributed by atoms with Gasteiger partial charge in [-0.15, -0.1) is 0 Å². The van der Waals surface area contributed by atoms with Crippen LogP contribution in [0, 0.1) is 0 Å². The van der Waals surface area contributed by atoms with Crippen molar-refractivity contribution in [3.05, 3.63) is 22.8 Å². The summed E-state index contributed by atoms with van der Waals surface area (Å²) in [4.78, 5) is 17.5. The standard InChI is InChI=1S/C10H15ClN4O/c1-15(2)4-3-13-10(16)7-5-9(12)14-6-8(7)11/h5-6H,3-4H2,1-2H3,(H2,12,14)(H,13,16). The lowest BCUT2D eigenvalue weighted by molar-refractivity contribution is 0.0951. The first-order chi connectivity index (χ1) is 7.50. The molecule has 1 aromatic heterocycles. The molecule has 0 saturated heterocycles. The SMILES string of the molecule is CN(C)CCNC(=O)c1cc(N)ncc1Cl. The summed E-state index contributed by atoms with van der Waals surface area (Å²) in [5, 5.41) is 3.05. The quantitative estimate of drug-likeness (QED) is 0.812. The van der Waals surface area contributed by atoms with E-state index in [1.54, 1.807) is 0 Å². The molecule has 16 heavy (non-hydrogen) atoms. The Kier molecular flexibility index (Phi) is 4.52. The largest absolute Gasteiger partial charge is 0.384 e. The van der Waals surface area contributed by atoms with Gasteiger partial charge in [0.15, 0.2) is 0 Å². The van der Waals surface area contributed by atoms with Crippen molar-refractivity contribution in [2.45, 2.75) is 0 Å². The van der Waals surface area contributed by atoms with Gasteiger partial charge in [0, 0.05) is 19.3 Å². The highest BCUT2D eigenvalue weighted by atomic mass is 35.5. The van der Waals surface area contributed by atoms with E-state index in [0.29, 0.717) is 17.1 Å². The fourth-order valence-electron chi connectivity index (χ4n) is 1.12. The fraction of sp³-hybridized carbons (Fsp3) is 0.400. The van der Waals surface area contributed by atoms with Crippen molar-refractivity contribution in [2.75, 3.05) is 32.9 Å². The third-order valence-corrected chi connectivity index (χ3v) is 2.27. The van der Waals surface area contributed by atoms with Gasteiger partial charge in [-0.1, -0.05) is 11.6 Å². The van der Waals surface area contributed by atoms with E-state index in [1.807, 2.05) is 19.0 Å². The number of likely N-dealkylation sites (N-methyl/N-ethyl adjacent to an activating group) is 1. The maximum atomic E-state index is 11.7. The minimum Gasteiger partial charge on any atom is -0.384 e. The van der Waals surface area contributed by atoms with Crippen molar-refractivity contribution in [3.63, 3.8) is 0 Å². The normalized spacial score (nSPS) is 10.5. The molecule has 0 bridgehead atoms. The van der Waals surface area contributed by atoms with Crippen molar-refractivity contribution in [1.82, 2.24) is 15.2 Å². The molecule has 1 rings (SSSR count). The molecule has 0 saturated carbocycles. The Morgan fingerprint density at radius 1 is 1.62 bits per heavy atom. The lowest BCUT2D eigenvalue weighted by atomic mass is 10.2. The van der Waals surface area contributed by atoms with Crippen LogP contribution in [0.15, 0.2) is 12.3 Å². The van der Waals surface area contributed by atoms with Crippen LogP contribution in [0.4, 0.5) is 5.82 Å². The highest BCUT2D eigenvalue weighted by molar-refractivity contribution is 6.33. The first-order valence-electron chi connectivity index (χ1n) is 4.84. The summed E-state index contributed by atoms with van der Waals surface area (Å²) in [5.41, 5.74) is 5.84. The maximum Gasteiger partial charge on any atom is 0.253 e. The third kappa shape index (κ3) is 3.67. The van der Waals surface area contributed by atoms with Gasteiger partial charge in [0.1, 0.15) is 5.82 Å².